The molecule has 0 atom stereocenters. The molecule has 0 saturated heterocycles. The number of nitrogens with zero attached hydrogens (tertiary/aromatic N) is 4. The van der Waals surface area contributed by atoms with Crippen LogP contribution in [0.4, 0.5) is 11.4 Å². The molecule has 0 aliphatic carbocycles. The first kappa shape index (κ1) is 20.3. The second kappa shape index (κ2) is 8.02. The number of amides is 1. The van der Waals surface area contributed by atoms with Gasteiger partial charge in [0, 0.05) is 22.3 Å². The number of fused-ring (bicyclic) bond motifs is 1. The molecule has 30 heavy (non-hydrogen) atoms. The average Bonchev–Trinajstić information content (AvgIpc) is 3.00. The van der Waals surface area contributed by atoms with Gasteiger partial charge in [0.05, 0.1) is 11.5 Å². The molecule has 0 unspecified atom stereocenters. The summed E-state index contributed by atoms with van der Waals surface area (Å²) >= 11 is 3.50. The van der Waals surface area contributed by atoms with E-state index in [-0.39, 0.29) is 11.6 Å². The summed E-state index contributed by atoms with van der Waals surface area (Å²) in [6.45, 7) is 4.45. The Morgan fingerprint density at radius 2 is 1.93 bits per heavy atom. The van der Waals surface area contributed by atoms with Crippen LogP contribution in [0.1, 0.15) is 39.3 Å². The average molecular weight is 469 g/mol. The van der Waals surface area contributed by atoms with E-state index in [4.69, 9.17) is 0 Å². The van der Waals surface area contributed by atoms with Crippen LogP contribution in [0.2, 0.25) is 0 Å². The van der Waals surface area contributed by atoms with Crippen molar-refractivity contribution < 1.29 is 9.72 Å². The fourth-order valence-corrected chi connectivity index (χ4v) is 4.37. The number of carbonyl (C=O) groups is 1. The summed E-state index contributed by atoms with van der Waals surface area (Å²) in [5.41, 5.74) is 4.66. The number of nitro groups is 1. The molecule has 3 aromatic rings. The third kappa shape index (κ3) is 3.75. The number of anilines is 1. The van der Waals surface area contributed by atoms with Gasteiger partial charge in [-0.3, -0.25) is 19.6 Å². The van der Waals surface area contributed by atoms with Crippen LogP contribution in [0.15, 0.2) is 46.9 Å². The van der Waals surface area contributed by atoms with Gasteiger partial charge in [-0.25, -0.2) is 0 Å². The van der Waals surface area contributed by atoms with Crippen molar-refractivity contribution in [2.24, 2.45) is 0 Å². The normalized spacial score (nSPS) is 13.2. The number of aryl methyl sites for hydroxylation is 2. The van der Waals surface area contributed by atoms with Crippen LogP contribution in [0.3, 0.4) is 0 Å². The van der Waals surface area contributed by atoms with Crippen LogP contribution in [0.5, 0.6) is 0 Å². The van der Waals surface area contributed by atoms with Gasteiger partial charge in [0.25, 0.3) is 5.91 Å². The molecule has 2 aromatic carbocycles. The van der Waals surface area contributed by atoms with Gasteiger partial charge in [0.2, 0.25) is 0 Å². The van der Waals surface area contributed by atoms with Crippen molar-refractivity contribution in [3.05, 3.63) is 85.1 Å². The van der Waals surface area contributed by atoms with Crippen LogP contribution in [-0.2, 0) is 13.0 Å². The molecule has 1 aliphatic heterocycles. The predicted octanol–water partition coefficient (Wildman–Crippen LogP) is 4.81. The molecule has 0 spiro atoms. The first-order chi connectivity index (χ1) is 14.3. The molecule has 2 heterocycles. The molecular formula is C22H21BrN4O3. The molecule has 1 aliphatic rings. The lowest BCUT2D eigenvalue weighted by atomic mass is 10.0. The summed E-state index contributed by atoms with van der Waals surface area (Å²) < 4.78 is 2.65. The Morgan fingerprint density at radius 1 is 1.20 bits per heavy atom. The van der Waals surface area contributed by atoms with Crippen molar-refractivity contribution in [2.75, 3.05) is 11.4 Å². The van der Waals surface area contributed by atoms with E-state index in [1.165, 1.54) is 5.56 Å². The van der Waals surface area contributed by atoms with E-state index >= 15 is 0 Å². The molecule has 4 rings (SSSR count). The van der Waals surface area contributed by atoms with Crippen molar-refractivity contribution in [3.63, 3.8) is 0 Å². The largest absolute Gasteiger partial charge is 0.312 e. The Morgan fingerprint density at radius 3 is 2.60 bits per heavy atom. The fraction of sp³-hybridized carbons (Fsp3) is 0.273. The smallest absolute Gasteiger partial charge is 0.308 e. The van der Waals surface area contributed by atoms with Crippen LogP contribution in [0.25, 0.3) is 0 Å². The molecule has 1 aromatic heterocycles. The van der Waals surface area contributed by atoms with Crippen LogP contribution < -0.4 is 4.90 Å². The molecule has 0 fully saturated rings. The van der Waals surface area contributed by atoms with Crippen molar-refractivity contribution in [1.82, 2.24) is 9.78 Å². The Balaban J connectivity index is 1.54. The predicted molar refractivity (Wildman–Crippen MR) is 118 cm³/mol. The van der Waals surface area contributed by atoms with Gasteiger partial charge >= 0.3 is 5.69 Å². The van der Waals surface area contributed by atoms with Crippen molar-refractivity contribution in [1.29, 1.82) is 0 Å². The van der Waals surface area contributed by atoms with E-state index in [2.05, 4.69) is 27.1 Å². The molecule has 0 N–H and O–H groups in total. The minimum absolute atomic E-state index is 0.0217. The van der Waals surface area contributed by atoms with Crippen molar-refractivity contribution in [3.8, 4) is 0 Å². The molecule has 0 bridgehead atoms. The van der Waals surface area contributed by atoms with Gasteiger partial charge in [-0.1, -0.05) is 28.1 Å². The zero-order chi connectivity index (χ0) is 21.4. The highest BCUT2D eigenvalue weighted by molar-refractivity contribution is 9.10. The number of benzene rings is 2. The number of rotatable bonds is 4. The zero-order valence-corrected chi connectivity index (χ0v) is 18.3. The van der Waals surface area contributed by atoms with E-state index in [9.17, 15) is 14.9 Å². The summed E-state index contributed by atoms with van der Waals surface area (Å²) in [6, 6.07) is 13.4. The lowest BCUT2D eigenvalue weighted by Crippen LogP contribution is -2.35. The second-order valence-electron chi connectivity index (χ2n) is 7.46. The maximum Gasteiger partial charge on any atom is 0.312 e. The highest BCUT2D eigenvalue weighted by atomic mass is 79.9. The Bertz CT molecular complexity index is 1140. The molecule has 7 nitrogen and oxygen atoms in total. The van der Waals surface area contributed by atoms with Gasteiger partial charge in [-0.05, 0) is 68.1 Å². The fourth-order valence-electron chi connectivity index (χ4n) is 3.96. The third-order valence-electron chi connectivity index (χ3n) is 5.46. The van der Waals surface area contributed by atoms with E-state index < -0.39 is 4.92 Å². The molecule has 8 heteroatoms. The zero-order valence-electron chi connectivity index (χ0n) is 16.8. The van der Waals surface area contributed by atoms with Gasteiger partial charge in [-0.15, -0.1) is 0 Å². The van der Waals surface area contributed by atoms with Gasteiger partial charge in [0.1, 0.15) is 11.4 Å². The van der Waals surface area contributed by atoms with Gasteiger partial charge in [-0.2, -0.15) is 5.10 Å². The minimum Gasteiger partial charge on any atom is -0.308 e. The van der Waals surface area contributed by atoms with E-state index in [0.717, 1.165) is 28.6 Å². The van der Waals surface area contributed by atoms with Crippen LogP contribution in [-0.4, -0.2) is 27.2 Å². The number of hydrogen-bond donors (Lipinski definition) is 0. The molecule has 0 saturated carbocycles. The quantitative estimate of drug-likeness (QED) is 0.406. The maximum absolute atomic E-state index is 13.1. The standard InChI is InChI=1S/C22H21BrN4O3/c1-14-21(27(29)30)15(2)26(24-14)13-16-5-7-17(8-6-16)22(28)25-11-3-4-18-12-19(23)9-10-20(18)25/h5-10,12H,3-4,11,13H2,1-2H3. The number of halogens is 1. The van der Waals surface area contributed by atoms with Crippen LogP contribution in [0, 0.1) is 24.0 Å². The topological polar surface area (TPSA) is 81.3 Å². The summed E-state index contributed by atoms with van der Waals surface area (Å²) in [4.78, 5) is 25.7. The Hall–Kier alpha value is -3.00. The summed E-state index contributed by atoms with van der Waals surface area (Å²) in [6.07, 6.45) is 1.90. The second-order valence-corrected chi connectivity index (χ2v) is 8.38. The van der Waals surface area contributed by atoms with E-state index in [0.29, 0.717) is 30.0 Å². The van der Waals surface area contributed by atoms with Crippen molar-refractivity contribution >= 4 is 33.2 Å². The summed E-state index contributed by atoms with van der Waals surface area (Å²) in [7, 11) is 0. The Labute approximate surface area is 182 Å². The van der Waals surface area contributed by atoms with Crippen molar-refractivity contribution in [2.45, 2.75) is 33.2 Å². The maximum atomic E-state index is 13.1. The summed E-state index contributed by atoms with van der Waals surface area (Å²) in [5.74, 6) is -0.0217. The summed E-state index contributed by atoms with van der Waals surface area (Å²) in [5, 5.41) is 15.5. The minimum atomic E-state index is -0.398. The molecule has 0 radical (unpaired) electrons. The highest BCUT2D eigenvalue weighted by Crippen LogP contribution is 2.31. The SMILES string of the molecule is Cc1nn(Cc2ccc(C(=O)N3CCCc4cc(Br)ccc43)cc2)c(C)c1[N+](=O)[O-]. The van der Waals surface area contributed by atoms with Gasteiger partial charge in [0.15, 0.2) is 0 Å². The lowest BCUT2D eigenvalue weighted by molar-refractivity contribution is -0.386. The number of hydrogen-bond acceptors (Lipinski definition) is 4. The van der Waals surface area contributed by atoms with Gasteiger partial charge < -0.3 is 4.90 Å². The molecule has 1 amide bonds. The molecular weight excluding hydrogens is 448 g/mol. The van der Waals surface area contributed by atoms with E-state index in [1.54, 1.807) is 18.5 Å². The first-order valence-corrected chi connectivity index (χ1v) is 10.5. The number of carbonyl (C=O) groups excluding carboxylic acids is 1. The monoisotopic (exact) mass is 468 g/mol. The lowest BCUT2D eigenvalue weighted by Gasteiger charge is -2.29. The third-order valence-corrected chi connectivity index (χ3v) is 5.96. The van der Waals surface area contributed by atoms with E-state index in [1.807, 2.05) is 41.3 Å². The first-order valence-electron chi connectivity index (χ1n) is 9.73. The number of aromatic nitrogens is 2. The van der Waals surface area contributed by atoms with Crippen LogP contribution >= 0.6 is 15.9 Å². The highest BCUT2D eigenvalue weighted by Gasteiger charge is 2.24. The Kier molecular flexibility index (Phi) is 5.42. The molecule has 154 valence electrons.